The lowest BCUT2D eigenvalue weighted by atomic mass is 10.1. The first kappa shape index (κ1) is 20.7. The minimum absolute atomic E-state index is 0.347. The van der Waals surface area contributed by atoms with Crippen molar-refractivity contribution < 1.29 is 13.2 Å². The second kappa shape index (κ2) is 8.28. The highest BCUT2D eigenvalue weighted by Crippen LogP contribution is 2.29. The standard InChI is InChI=1S/C24H28N2O3S/c1-4-29-22-10-8-21-17-23(11-9-20(21)16-22)30(27,28)26-14-12-25(13-15-26)24-18(2)6-5-7-19(24)3/h5-11,16-17H,4,12-15H2,1-3H3. The highest BCUT2D eigenvalue weighted by molar-refractivity contribution is 7.89. The summed E-state index contributed by atoms with van der Waals surface area (Å²) in [4.78, 5) is 2.64. The van der Waals surface area contributed by atoms with E-state index in [0.29, 0.717) is 37.7 Å². The van der Waals surface area contributed by atoms with Crippen LogP contribution < -0.4 is 9.64 Å². The van der Waals surface area contributed by atoms with E-state index in [-0.39, 0.29) is 0 Å². The molecule has 3 aromatic carbocycles. The fourth-order valence-corrected chi connectivity index (χ4v) is 5.68. The lowest BCUT2D eigenvalue weighted by Gasteiger charge is -2.37. The van der Waals surface area contributed by atoms with Gasteiger partial charge in [-0.1, -0.05) is 30.3 Å². The average Bonchev–Trinajstić information content (AvgIpc) is 2.74. The molecule has 0 atom stereocenters. The van der Waals surface area contributed by atoms with Crippen LogP contribution in [0.25, 0.3) is 10.8 Å². The van der Waals surface area contributed by atoms with E-state index in [2.05, 4.69) is 36.9 Å². The van der Waals surface area contributed by atoms with Crippen molar-refractivity contribution in [3.63, 3.8) is 0 Å². The highest BCUT2D eigenvalue weighted by Gasteiger charge is 2.29. The largest absolute Gasteiger partial charge is 0.494 e. The van der Waals surface area contributed by atoms with Crippen LogP contribution in [0.3, 0.4) is 0 Å². The first-order valence-corrected chi connectivity index (χ1v) is 11.8. The molecule has 5 nitrogen and oxygen atoms in total. The van der Waals surface area contributed by atoms with E-state index >= 15 is 0 Å². The lowest BCUT2D eigenvalue weighted by molar-refractivity contribution is 0.341. The number of hydrogen-bond acceptors (Lipinski definition) is 4. The van der Waals surface area contributed by atoms with E-state index < -0.39 is 10.0 Å². The molecule has 0 aromatic heterocycles. The van der Waals surface area contributed by atoms with Gasteiger partial charge >= 0.3 is 0 Å². The molecule has 1 fully saturated rings. The summed E-state index contributed by atoms with van der Waals surface area (Å²) < 4.78 is 33.7. The van der Waals surface area contributed by atoms with E-state index in [9.17, 15) is 8.42 Å². The molecule has 4 rings (SSSR count). The van der Waals surface area contributed by atoms with Gasteiger partial charge in [-0.25, -0.2) is 8.42 Å². The van der Waals surface area contributed by atoms with Gasteiger partial charge in [-0.2, -0.15) is 4.31 Å². The Morgan fingerprint density at radius 3 is 2.17 bits per heavy atom. The van der Waals surface area contributed by atoms with Crippen molar-refractivity contribution in [2.24, 2.45) is 0 Å². The lowest BCUT2D eigenvalue weighted by Crippen LogP contribution is -2.49. The Bertz CT molecular complexity index is 1150. The molecular formula is C24H28N2O3S. The Balaban J connectivity index is 1.54. The Kier molecular flexibility index (Phi) is 5.71. The SMILES string of the molecule is CCOc1ccc2cc(S(=O)(=O)N3CCN(c4c(C)cccc4C)CC3)ccc2c1. The van der Waals surface area contributed by atoms with E-state index in [0.717, 1.165) is 16.5 Å². The zero-order valence-corrected chi connectivity index (χ0v) is 18.6. The van der Waals surface area contributed by atoms with E-state index in [1.807, 2.05) is 31.2 Å². The molecule has 0 spiro atoms. The Morgan fingerprint density at radius 1 is 0.867 bits per heavy atom. The van der Waals surface area contributed by atoms with Gasteiger partial charge in [0.15, 0.2) is 0 Å². The molecule has 158 valence electrons. The molecule has 0 unspecified atom stereocenters. The van der Waals surface area contributed by atoms with Crippen molar-refractivity contribution in [3.8, 4) is 5.75 Å². The van der Waals surface area contributed by atoms with Gasteiger partial charge in [0.05, 0.1) is 11.5 Å². The van der Waals surface area contributed by atoms with Crippen molar-refractivity contribution in [1.29, 1.82) is 0 Å². The highest BCUT2D eigenvalue weighted by atomic mass is 32.2. The summed E-state index contributed by atoms with van der Waals surface area (Å²) in [5.41, 5.74) is 3.69. The van der Waals surface area contributed by atoms with E-state index in [1.165, 1.54) is 16.8 Å². The first-order chi connectivity index (χ1) is 14.4. The number of sulfonamides is 1. The molecule has 3 aromatic rings. The van der Waals surface area contributed by atoms with E-state index in [4.69, 9.17) is 4.74 Å². The van der Waals surface area contributed by atoms with Gasteiger partial charge in [-0.05, 0) is 66.9 Å². The monoisotopic (exact) mass is 424 g/mol. The number of anilines is 1. The third kappa shape index (κ3) is 3.89. The maximum Gasteiger partial charge on any atom is 0.243 e. The van der Waals surface area contributed by atoms with Gasteiger partial charge in [0.25, 0.3) is 0 Å². The zero-order valence-electron chi connectivity index (χ0n) is 17.8. The number of nitrogens with zero attached hydrogens (tertiary/aromatic N) is 2. The Hall–Kier alpha value is -2.57. The number of piperazine rings is 1. The smallest absolute Gasteiger partial charge is 0.243 e. The van der Waals surface area contributed by atoms with E-state index in [1.54, 1.807) is 16.4 Å². The number of benzene rings is 3. The summed E-state index contributed by atoms with van der Waals surface area (Å²) in [5, 5.41) is 1.87. The van der Waals surface area contributed by atoms with Gasteiger partial charge in [-0.15, -0.1) is 0 Å². The maximum absolute atomic E-state index is 13.3. The van der Waals surface area contributed by atoms with Crippen LogP contribution in [0.1, 0.15) is 18.1 Å². The molecule has 0 N–H and O–H groups in total. The third-order valence-electron chi connectivity index (χ3n) is 5.73. The average molecular weight is 425 g/mol. The normalized spacial score (nSPS) is 15.5. The van der Waals surface area contributed by atoms with Crippen LogP contribution in [0.4, 0.5) is 5.69 Å². The van der Waals surface area contributed by atoms with Crippen LogP contribution in [0.2, 0.25) is 0 Å². The number of fused-ring (bicyclic) bond motifs is 1. The van der Waals surface area contributed by atoms with Crippen molar-refractivity contribution in [3.05, 3.63) is 65.7 Å². The molecule has 1 aliphatic rings. The maximum atomic E-state index is 13.3. The van der Waals surface area contributed by atoms with Gasteiger partial charge in [0.2, 0.25) is 10.0 Å². The van der Waals surface area contributed by atoms with Crippen molar-refractivity contribution in [2.45, 2.75) is 25.7 Å². The number of ether oxygens (including phenoxy) is 1. The van der Waals surface area contributed by atoms with Gasteiger partial charge < -0.3 is 9.64 Å². The van der Waals surface area contributed by atoms with Crippen LogP contribution in [-0.2, 0) is 10.0 Å². The zero-order chi connectivity index (χ0) is 21.3. The fraction of sp³-hybridized carbons (Fsp3) is 0.333. The summed E-state index contributed by atoms with van der Waals surface area (Å²) in [6.07, 6.45) is 0. The van der Waals surface area contributed by atoms with Crippen molar-refractivity contribution >= 4 is 26.5 Å². The topological polar surface area (TPSA) is 49.9 Å². The fourth-order valence-electron chi connectivity index (χ4n) is 4.22. The summed E-state index contributed by atoms with van der Waals surface area (Å²) in [7, 11) is -3.52. The Labute approximate surface area is 178 Å². The summed E-state index contributed by atoms with van der Waals surface area (Å²) in [6.45, 7) is 9.11. The van der Waals surface area contributed by atoms with Crippen LogP contribution >= 0.6 is 0 Å². The predicted octanol–water partition coefficient (Wildman–Crippen LogP) is 4.37. The first-order valence-electron chi connectivity index (χ1n) is 10.4. The van der Waals surface area contributed by atoms with Crippen LogP contribution in [-0.4, -0.2) is 45.5 Å². The number of hydrogen-bond donors (Lipinski definition) is 0. The summed E-state index contributed by atoms with van der Waals surface area (Å²) in [6, 6.07) is 17.3. The second-order valence-electron chi connectivity index (χ2n) is 7.74. The molecule has 1 heterocycles. The molecule has 0 amide bonds. The molecule has 0 saturated carbocycles. The summed E-state index contributed by atoms with van der Waals surface area (Å²) in [5.74, 6) is 0.795. The van der Waals surface area contributed by atoms with Gasteiger partial charge in [0, 0.05) is 31.9 Å². The molecular weight excluding hydrogens is 396 g/mol. The summed E-state index contributed by atoms with van der Waals surface area (Å²) >= 11 is 0. The number of para-hydroxylation sites is 1. The van der Waals surface area contributed by atoms with Crippen LogP contribution in [0, 0.1) is 13.8 Å². The van der Waals surface area contributed by atoms with Gasteiger partial charge in [0.1, 0.15) is 5.75 Å². The molecule has 0 bridgehead atoms. The number of aryl methyl sites for hydroxylation is 2. The molecule has 1 aliphatic heterocycles. The minimum atomic E-state index is -3.52. The minimum Gasteiger partial charge on any atom is -0.494 e. The predicted molar refractivity (Wildman–Crippen MR) is 122 cm³/mol. The second-order valence-corrected chi connectivity index (χ2v) is 9.67. The third-order valence-corrected chi connectivity index (χ3v) is 7.62. The molecule has 30 heavy (non-hydrogen) atoms. The van der Waals surface area contributed by atoms with Crippen molar-refractivity contribution in [2.75, 3.05) is 37.7 Å². The quantitative estimate of drug-likeness (QED) is 0.610. The molecule has 0 radical (unpaired) electrons. The molecule has 1 saturated heterocycles. The van der Waals surface area contributed by atoms with Gasteiger partial charge in [-0.3, -0.25) is 0 Å². The Morgan fingerprint density at radius 2 is 1.50 bits per heavy atom. The molecule has 0 aliphatic carbocycles. The van der Waals surface area contributed by atoms with Crippen LogP contribution in [0.15, 0.2) is 59.5 Å². The van der Waals surface area contributed by atoms with Crippen LogP contribution in [0.5, 0.6) is 5.75 Å². The number of rotatable bonds is 5. The van der Waals surface area contributed by atoms with Crippen molar-refractivity contribution in [1.82, 2.24) is 4.31 Å². The molecule has 6 heteroatoms.